The molecule has 2 aromatic heterocycles. The lowest BCUT2D eigenvalue weighted by molar-refractivity contribution is 0.669. The van der Waals surface area contributed by atoms with Gasteiger partial charge in [0.05, 0.1) is 22.4 Å². The van der Waals surface area contributed by atoms with Gasteiger partial charge in [0.15, 0.2) is 0 Å². The fourth-order valence-corrected chi connectivity index (χ4v) is 6.66. The lowest BCUT2D eigenvalue weighted by Gasteiger charge is -2.15. The van der Waals surface area contributed by atoms with Crippen molar-refractivity contribution in [1.29, 1.82) is 0 Å². The minimum absolute atomic E-state index is 0.876. The fraction of sp³-hybridized carbons (Fsp3) is 0. The van der Waals surface area contributed by atoms with Gasteiger partial charge in [0.25, 0.3) is 0 Å². The summed E-state index contributed by atoms with van der Waals surface area (Å²) in [7, 11) is 0. The minimum Gasteiger partial charge on any atom is -0.456 e. The van der Waals surface area contributed by atoms with Crippen LogP contribution in [0.4, 0.5) is 0 Å². The molecule has 0 atom stereocenters. The number of hydrogen-bond acceptors (Lipinski definition) is 3. The highest BCUT2D eigenvalue weighted by Gasteiger charge is 2.19. The summed E-state index contributed by atoms with van der Waals surface area (Å²) in [5.41, 5.74) is 12.1. The van der Waals surface area contributed by atoms with Gasteiger partial charge in [0.2, 0.25) is 0 Å². The van der Waals surface area contributed by atoms with Gasteiger partial charge < -0.3 is 4.42 Å². The quantitative estimate of drug-likeness (QED) is 0.196. The van der Waals surface area contributed by atoms with Crippen LogP contribution in [0.15, 0.2) is 162 Å². The third-order valence-corrected chi connectivity index (χ3v) is 8.70. The molecule has 7 aromatic carbocycles. The molecule has 3 nitrogen and oxygen atoms in total. The molecule has 0 spiro atoms. The average Bonchev–Trinajstić information content (AvgIpc) is 3.50. The van der Waals surface area contributed by atoms with Crippen molar-refractivity contribution >= 4 is 43.7 Å². The number of para-hydroxylation sites is 1. The summed E-state index contributed by atoms with van der Waals surface area (Å²) < 4.78 is 6.25. The maximum absolute atomic E-state index is 6.25. The van der Waals surface area contributed by atoms with Crippen LogP contribution in [0.1, 0.15) is 0 Å². The molecule has 0 aliphatic rings. The summed E-state index contributed by atoms with van der Waals surface area (Å²) in [6.45, 7) is 0. The molecule has 0 saturated heterocycles. The lowest BCUT2D eigenvalue weighted by atomic mass is 9.89. The van der Waals surface area contributed by atoms with E-state index in [1.807, 2.05) is 36.4 Å². The van der Waals surface area contributed by atoms with Crippen molar-refractivity contribution < 1.29 is 4.42 Å². The standard InChI is InChI=1S/C42H26N2O/c1-3-13-27(14-4-1)40-41(28-15-5-2-6-16-28)44-42-34-22-11-20-30(32(34)25-26-36(42)43-40)29-17-7-8-18-31(29)33-21-12-24-38-39(33)35-19-9-10-23-37(35)45-38/h1-26H. The van der Waals surface area contributed by atoms with Gasteiger partial charge in [-0.25, -0.2) is 9.97 Å². The van der Waals surface area contributed by atoms with Crippen LogP contribution in [0.25, 0.3) is 88.5 Å². The van der Waals surface area contributed by atoms with E-state index in [0.29, 0.717) is 0 Å². The Morgan fingerprint density at radius 1 is 0.356 bits per heavy atom. The van der Waals surface area contributed by atoms with Gasteiger partial charge in [-0.05, 0) is 45.8 Å². The van der Waals surface area contributed by atoms with E-state index in [0.717, 1.165) is 88.5 Å². The van der Waals surface area contributed by atoms with Crippen molar-refractivity contribution in [2.75, 3.05) is 0 Å². The predicted molar refractivity (Wildman–Crippen MR) is 186 cm³/mol. The second-order valence-electron chi connectivity index (χ2n) is 11.3. The Bertz CT molecular complexity index is 2530. The molecule has 2 heterocycles. The molecule has 45 heavy (non-hydrogen) atoms. The molecule has 9 aromatic rings. The Kier molecular flexibility index (Phi) is 5.82. The number of aromatic nitrogens is 2. The zero-order valence-electron chi connectivity index (χ0n) is 24.3. The molecule has 0 unspecified atom stereocenters. The van der Waals surface area contributed by atoms with Crippen molar-refractivity contribution in [3.05, 3.63) is 158 Å². The van der Waals surface area contributed by atoms with E-state index in [1.54, 1.807) is 0 Å². The normalized spacial score (nSPS) is 11.6. The number of rotatable bonds is 4. The van der Waals surface area contributed by atoms with Crippen LogP contribution >= 0.6 is 0 Å². The van der Waals surface area contributed by atoms with E-state index < -0.39 is 0 Å². The third-order valence-electron chi connectivity index (χ3n) is 8.70. The molecule has 0 aliphatic carbocycles. The van der Waals surface area contributed by atoms with Gasteiger partial charge >= 0.3 is 0 Å². The van der Waals surface area contributed by atoms with E-state index in [1.165, 1.54) is 0 Å². The molecule has 210 valence electrons. The SMILES string of the molecule is c1ccc(-c2nc3ccc4c(-c5ccccc5-c5cccc6oc7ccccc7c56)cccc4c3nc2-c2ccccc2)cc1. The van der Waals surface area contributed by atoms with Gasteiger partial charge in [0, 0.05) is 27.3 Å². The first-order valence-electron chi connectivity index (χ1n) is 15.2. The summed E-state index contributed by atoms with van der Waals surface area (Å²) >= 11 is 0. The number of furan rings is 1. The second-order valence-corrected chi connectivity index (χ2v) is 11.3. The molecule has 3 heteroatoms. The Labute approximate surface area is 260 Å². The van der Waals surface area contributed by atoms with Crippen LogP contribution in [0.5, 0.6) is 0 Å². The van der Waals surface area contributed by atoms with Crippen LogP contribution in [0, 0.1) is 0 Å². The van der Waals surface area contributed by atoms with Crippen molar-refractivity contribution in [3.63, 3.8) is 0 Å². The fourth-order valence-electron chi connectivity index (χ4n) is 6.66. The van der Waals surface area contributed by atoms with Gasteiger partial charge in [0.1, 0.15) is 11.2 Å². The minimum atomic E-state index is 0.876. The van der Waals surface area contributed by atoms with Crippen LogP contribution in [0.3, 0.4) is 0 Å². The summed E-state index contributed by atoms with van der Waals surface area (Å²) in [6, 6.07) is 54.8. The Morgan fingerprint density at radius 2 is 0.911 bits per heavy atom. The van der Waals surface area contributed by atoms with E-state index in [9.17, 15) is 0 Å². The van der Waals surface area contributed by atoms with Crippen molar-refractivity contribution in [3.8, 4) is 44.8 Å². The highest BCUT2D eigenvalue weighted by Crippen LogP contribution is 2.43. The summed E-state index contributed by atoms with van der Waals surface area (Å²) in [6.07, 6.45) is 0. The van der Waals surface area contributed by atoms with E-state index >= 15 is 0 Å². The molecule has 0 N–H and O–H groups in total. The van der Waals surface area contributed by atoms with Crippen molar-refractivity contribution in [1.82, 2.24) is 9.97 Å². The average molecular weight is 575 g/mol. The van der Waals surface area contributed by atoms with Crippen LogP contribution in [-0.4, -0.2) is 9.97 Å². The topological polar surface area (TPSA) is 38.9 Å². The first-order chi connectivity index (χ1) is 22.3. The number of hydrogen-bond donors (Lipinski definition) is 0. The summed E-state index contributed by atoms with van der Waals surface area (Å²) in [5, 5.41) is 4.48. The molecule has 0 bridgehead atoms. The predicted octanol–water partition coefficient (Wildman–Crippen LogP) is 11.4. The smallest absolute Gasteiger partial charge is 0.136 e. The maximum atomic E-state index is 6.25. The van der Waals surface area contributed by atoms with Gasteiger partial charge in [-0.3, -0.25) is 0 Å². The first kappa shape index (κ1) is 25.4. The Hall–Kier alpha value is -6.06. The zero-order chi connectivity index (χ0) is 29.7. The largest absolute Gasteiger partial charge is 0.456 e. The highest BCUT2D eigenvalue weighted by atomic mass is 16.3. The van der Waals surface area contributed by atoms with Crippen LogP contribution in [0.2, 0.25) is 0 Å². The Balaban J connectivity index is 1.30. The summed E-state index contributed by atoms with van der Waals surface area (Å²) in [5.74, 6) is 0. The zero-order valence-corrected chi connectivity index (χ0v) is 24.3. The van der Waals surface area contributed by atoms with Crippen molar-refractivity contribution in [2.45, 2.75) is 0 Å². The van der Waals surface area contributed by atoms with E-state index in [-0.39, 0.29) is 0 Å². The highest BCUT2D eigenvalue weighted by molar-refractivity contribution is 6.16. The molecule has 0 fully saturated rings. The molecule has 0 radical (unpaired) electrons. The van der Waals surface area contributed by atoms with Crippen molar-refractivity contribution in [2.24, 2.45) is 0 Å². The van der Waals surface area contributed by atoms with Gasteiger partial charge in [-0.2, -0.15) is 0 Å². The lowest BCUT2D eigenvalue weighted by Crippen LogP contribution is -1.96. The first-order valence-corrected chi connectivity index (χ1v) is 15.2. The Morgan fingerprint density at radius 3 is 1.69 bits per heavy atom. The molecule has 0 aliphatic heterocycles. The maximum Gasteiger partial charge on any atom is 0.136 e. The number of benzene rings is 7. The molecule has 9 rings (SSSR count). The number of fused-ring (bicyclic) bond motifs is 6. The molecular weight excluding hydrogens is 548 g/mol. The third kappa shape index (κ3) is 4.13. The van der Waals surface area contributed by atoms with E-state index in [4.69, 9.17) is 14.4 Å². The van der Waals surface area contributed by atoms with E-state index in [2.05, 4.69) is 121 Å². The van der Waals surface area contributed by atoms with Gasteiger partial charge in [-0.15, -0.1) is 0 Å². The molecular formula is C42H26N2O. The second kappa shape index (κ2) is 10.3. The molecule has 0 amide bonds. The van der Waals surface area contributed by atoms with Crippen LogP contribution < -0.4 is 0 Å². The number of nitrogens with zero attached hydrogens (tertiary/aromatic N) is 2. The van der Waals surface area contributed by atoms with Crippen LogP contribution in [-0.2, 0) is 0 Å². The monoisotopic (exact) mass is 574 g/mol. The van der Waals surface area contributed by atoms with Gasteiger partial charge in [-0.1, -0.05) is 140 Å². The summed E-state index contributed by atoms with van der Waals surface area (Å²) in [4.78, 5) is 10.6. The molecule has 0 saturated carbocycles.